The summed E-state index contributed by atoms with van der Waals surface area (Å²) in [6, 6.07) is 4.45. The molecule has 1 N–H and O–H groups in total. The van der Waals surface area contributed by atoms with E-state index in [-0.39, 0.29) is 30.1 Å². The first kappa shape index (κ1) is 23.6. The van der Waals surface area contributed by atoms with Crippen molar-refractivity contribution in [3.05, 3.63) is 23.8 Å². The van der Waals surface area contributed by atoms with E-state index in [0.717, 1.165) is 0 Å². The maximum Gasteiger partial charge on any atom is 0.247 e. The number of hydrogen-bond donors (Lipinski definition) is 1. The highest BCUT2D eigenvalue weighted by Gasteiger charge is 2.37. The molecule has 0 saturated carbocycles. The number of likely N-dealkylation sites (N-methyl/N-ethyl adjacent to an activating group) is 1. The summed E-state index contributed by atoms with van der Waals surface area (Å²) in [7, 11) is 3.99. The highest BCUT2D eigenvalue weighted by Crippen LogP contribution is 2.34. The van der Waals surface area contributed by atoms with Crippen LogP contribution in [0.5, 0.6) is 5.75 Å². The average molecular weight is 424 g/mol. The maximum absolute atomic E-state index is 13.3. The Kier molecular flexibility index (Phi) is 8.09. The second kappa shape index (κ2) is 9.92. The Morgan fingerprint density at radius 3 is 2.55 bits per heavy atom. The van der Waals surface area contributed by atoms with Crippen molar-refractivity contribution >= 4 is 10.0 Å². The van der Waals surface area contributed by atoms with Gasteiger partial charge in [0.1, 0.15) is 16.7 Å². The van der Waals surface area contributed by atoms with E-state index in [9.17, 15) is 13.5 Å². The van der Waals surface area contributed by atoms with Crippen LogP contribution in [-0.2, 0) is 10.0 Å². The number of benzene rings is 1. The summed E-state index contributed by atoms with van der Waals surface area (Å²) in [6.07, 6.45) is -0.197. The molecule has 0 amide bonds. The molecule has 3 atom stereocenters. The fraction of sp³-hybridized carbons (Fsp3) is 0.619. The van der Waals surface area contributed by atoms with Crippen LogP contribution >= 0.6 is 0 Å². The van der Waals surface area contributed by atoms with Crippen LogP contribution in [-0.4, -0.2) is 94.2 Å². The molecule has 0 bridgehead atoms. The Morgan fingerprint density at radius 1 is 1.28 bits per heavy atom. The van der Waals surface area contributed by atoms with E-state index in [2.05, 4.69) is 11.8 Å². The number of hydrogen-bond acceptors (Lipinski definition) is 6. The summed E-state index contributed by atoms with van der Waals surface area (Å²) in [4.78, 5) is 4.11. The zero-order chi connectivity index (χ0) is 21.8. The van der Waals surface area contributed by atoms with Crippen LogP contribution in [0.25, 0.3) is 0 Å². The van der Waals surface area contributed by atoms with Crippen LogP contribution in [0.3, 0.4) is 0 Å². The summed E-state index contributed by atoms with van der Waals surface area (Å²) in [6.45, 7) is 5.00. The van der Waals surface area contributed by atoms with E-state index in [0.29, 0.717) is 24.4 Å². The summed E-state index contributed by atoms with van der Waals surface area (Å²) in [5, 5.41) is 9.65. The van der Waals surface area contributed by atoms with Gasteiger partial charge in [-0.2, -0.15) is 4.31 Å². The van der Waals surface area contributed by atoms with Gasteiger partial charge in [0.05, 0.1) is 13.2 Å². The highest BCUT2D eigenvalue weighted by atomic mass is 32.2. The number of ether oxygens (including phenoxy) is 1. The van der Waals surface area contributed by atoms with Gasteiger partial charge in [0.15, 0.2) is 0 Å². The Hall–Kier alpha value is -1.63. The minimum atomic E-state index is -3.81. The molecule has 0 unspecified atom stereocenters. The summed E-state index contributed by atoms with van der Waals surface area (Å²) >= 11 is 0. The molecule has 162 valence electrons. The molecule has 7 nitrogen and oxygen atoms in total. The van der Waals surface area contributed by atoms with Crippen LogP contribution in [0.2, 0.25) is 0 Å². The third-order valence-corrected chi connectivity index (χ3v) is 6.86. The molecule has 1 aromatic carbocycles. The third kappa shape index (κ3) is 5.93. The second-order valence-electron chi connectivity index (χ2n) is 8.20. The Bertz CT molecular complexity index is 858. The quantitative estimate of drug-likeness (QED) is 0.711. The van der Waals surface area contributed by atoms with Crippen LogP contribution in [0.15, 0.2) is 23.1 Å². The molecular formula is C21H33N3O4S. The van der Waals surface area contributed by atoms with Gasteiger partial charge in [0.25, 0.3) is 0 Å². The molecule has 0 aromatic heterocycles. The van der Waals surface area contributed by atoms with E-state index in [1.807, 2.05) is 44.9 Å². The molecule has 0 spiro atoms. The molecule has 1 aliphatic heterocycles. The topological polar surface area (TPSA) is 73.3 Å². The van der Waals surface area contributed by atoms with Crippen molar-refractivity contribution in [1.29, 1.82) is 0 Å². The van der Waals surface area contributed by atoms with E-state index in [1.165, 1.54) is 4.31 Å². The number of aliphatic hydroxyl groups excluding tert-OH is 1. The van der Waals surface area contributed by atoms with Gasteiger partial charge in [-0.1, -0.05) is 18.8 Å². The summed E-state index contributed by atoms with van der Waals surface area (Å²) in [5.41, 5.74) is 0.708. The third-order valence-electron chi connectivity index (χ3n) is 4.84. The molecule has 0 saturated heterocycles. The van der Waals surface area contributed by atoms with Gasteiger partial charge in [0, 0.05) is 30.6 Å². The van der Waals surface area contributed by atoms with E-state index in [1.54, 1.807) is 25.1 Å². The lowest BCUT2D eigenvalue weighted by Gasteiger charge is -2.37. The zero-order valence-corrected chi connectivity index (χ0v) is 19.0. The van der Waals surface area contributed by atoms with Crippen molar-refractivity contribution < 1.29 is 18.3 Å². The number of sulfonamides is 1. The zero-order valence-electron chi connectivity index (χ0n) is 18.2. The van der Waals surface area contributed by atoms with Crippen molar-refractivity contribution in [2.45, 2.75) is 30.9 Å². The average Bonchev–Trinajstić information content (AvgIpc) is 2.63. The van der Waals surface area contributed by atoms with Crippen molar-refractivity contribution in [3.63, 3.8) is 0 Å². The van der Waals surface area contributed by atoms with Crippen molar-refractivity contribution in [3.8, 4) is 17.6 Å². The highest BCUT2D eigenvalue weighted by molar-refractivity contribution is 7.89. The fourth-order valence-electron chi connectivity index (χ4n) is 3.18. The maximum atomic E-state index is 13.3. The van der Waals surface area contributed by atoms with Crippen LogP contribution in [0, 0.1) is 17.8 Å². The summed E-state index contributed by atoms with van der Waals surface area (Å²) in [5.74, 6) is 6.39. The van der Waals surface area contributed by atoms with E-state index < -0.39 is 16.1 Å². The van der Waals surface area contributed by atoms with Gasteiger partial charge >= 0.3 is 0 Å². The second-order valence-corrected chi connectivity index (χ2v) is 10.1. The number of fused-ring (bicyclic) bond motifs is 1. The van der Waals surface area contributed by atoms with Crippen LogP contribution < -0.4 is 4.74 Å². The normalized spacial score (nSPS) is 22.8. The standard InChI is InChI=1S/C21H33N3O4S/c1-16-13-24(17(2)15-25)29(26,27)21-10-9-18(8-7-11-22(3)4)12-19(21)28-20(16)14-23(5)6/h9-10,12,16-17,20,25H,11,13-15H2,1-6H3/t16-,17+,20+/m0/s1. The largest absolute Gasteiger partial charge is 0.487 e. The first-order valence-electron chi connectivity index (χ1n) is 9.78. The minimum Gasteiger partial charge on any atom is -0.487 e. The lowest BCUT2D eigenvalue weighted by atomic mass is 10.0. The first-order valence-corrected chi connectivity index (χ1v) is 11.2. The SMILES string of the molecule is C[C@H](CO)N1C[C@H](C)[C@@H](CN(C)C)Oc2cc(C#CCN(C)C)ccc2S1(=O)=O. The molecule has 1 heterocycles. The molecule has 0 radical (unpaired) electrons. The molecule has 0 aliphatic carbocycles. The number of rotatable bonds is 5. The van der Waals surface area contributed by atoms with Crippen molar-refractivity contribution in [2.24, 2.45) is 5.92 Å². The Labute approximate surface area is 175 Å². The van der Waals surface area contributed by atoms with Gasteiger partial charge in [-0.15, -0.1) is 0 Å². The Balaban J connectivity index is 2.56. The van der Waals surface area contributed by atoms with Gasteiger partial charge in [-0.05, 0) is 53.3 Å². The molecular weight excluding hydrogens is 390 g/mol. The van der Waals surface area contributed by atoms with Gasteiger partial charge in [-0.25, -0.2) is 8.42 Å². The van der Waals surface area contributed by atoms with Crippen LogP contribution in [0.1, 0.15) is 19.4 Å². The minimum absolute atomic E-state index is 0.0576. The smallest absolute Gasteiger partial charge is 0.247 e. The number of nitrogens with zero attached hydrogens (tertiary/aromatic N) is 3. The molecule has 2 rings (SSSR count). The summed E-state index contributed by atoms with van der Waals surface area (Å²) < 4.78 is 34.3. The van der Waals surface area contributed by atoms with Gasteiger partial charge in [0.2, 0.25) is 10.0 Å². The van der Waals surface area contributed by atoms with Crippen molar-refractivity contribution in [2.75, 3.05) is 54.4 Å². The molecule has 8 heteroatoms. The molecule has 0 fully saturated rings. The van der Waals surface area contributed by atoms with E-state index >= 15 is 0 Å². The van der Waals surface area contributed by atoms with Crippen LogP contribution in [0.4, 0.5) is 0 Å². The molecule has 1 aromatic rings. The molecule has 29 heavy (non-hydrogen) atoms. The Morgan fingerprint density at radius 2 is 1.97 bits per heavy atom. The van der Waals surface area contributed by atoms with Crippen molar-refractivity contribution in [1.82, 2.24) is 14.1 Å². The first-order chi connectivity index (χ1) is 13.6. The monoisotopic (exact) mass is 423 g/mol. The lowest BCUT2D eigenvalue weighted by Crippen LogP contribution is -2.49. The van der Waals surface area contributed by atoms with Gasteiger partial charge < -0.3 is 14.7 Å². The van der Waals surface area contributed by atoms with E-state index in [4.69, 9.17) is 4.74 Å². The van der Waals surface area contributed by atoms with Gasteiger partial charge in [-0.3, -0.25) is 4.90 Å². The number of aliphatic hydroxyl groups is 1. The molecule has 1 aliphatic rings. The predicted octanol–water partition coefficient (Wildman–Crippen LogP) is 0.930. The lowest BCUT2D eigenvalue weighted by molar-refractivity contribution is 0.0812. The predicted molar refractivity (Wildman–Crippen MR) is 114 cm³/mol. The fourth-order valence-corrected chi connectivity index (χ4v) is 5.01.